The third-order valence-electron chi connectivity index (χ3n) is 3.50. The first-order valence-corrected chi connectivity index (χ1v) is 6.29. The molecule has 0 saturated heterocycles. The van der Waals surface area contributed by atoms with Crippen LogP contribution in [0.25, 0.3) is 11.0 Å². The molecule has 1 aromatic heterocycles. The predicted molar refractivity (Wildman–Crippen MR) is 70.2 cm³/mol. The largest absolute Gasteiger partial charge is 0.454 e. The number of aromatic nitrogens is 2. The lowest BCUT2D eigenvalue weighted by Crippen LogP contribution is -2.06. The molecule has 2 aromatic rings. The zero-order valence-corrected chi connectivity index (χ0v) is 11.1. The van der Waals surface area contributed by atoms with E-state index in [-0.39, 0.29) is 17.8 Å². The first-order chi connectivity index (χ1) is 9.47. The summed E-state index contributed by atoms with van der Waals surface area (Å²) in [5, 5.41) is 11.0. The molecule has 2 heterocycles. The Hall–Kier alpha value is -2.44. The predicted octanol–water partition coefficient (Wildman–Crippen LogP) is 2.26. The number of nitrogens with zero attached hydrogens (tertiary/aromatic N) is 3. The SMILES string of the molecule is CC(=O)OC1CCn2c1nc1cc(C)c([N+](=O)[O-])cc12. The molecule has 0 radical (unpaired) electrons. The second kappa shape index (κ2) is 4.29. The van der Waals surface area contributed by atoms with Gasteiger partial charge in [-0.25, -0.2) is 4.98 Å². The van der Waals surface area contributed by atoms with Crippen molar-refractivity contribution in [3.05, 3.63) is 33.6 Å². The number of hydrogen-bond acceptors (Lipinski definition) is 5. The van der Waals surface area contributed by atoms with Crippen LogP contribution in [0.4, 0.5) is 5.69 Å². The molecule has 0 bridgehead atoms. The molecule has 1 aliphatic rings. The molecule has 0 saturated carbocycles. The lowest BCUT2D eigenvalue weighted by molar-refractivity contribution is -0.385. The topological polar surface area (TPSA) is 87.3 Å². The average Bonchev–Trinajstić information content (AvgIpc) is 2.87. The lowest BCUT2D eigenvalue weighted by atomic mass is 10.2. The summed E-state index contributed by atoms with van der Waals surface area (Å²) in [6.07, 6.45) is 0.291. The van der Waals surface area contributed by atoms with Crippen molar-refractivity contribution in [2.45, 2.75) is 32.9 Å². The fourth-order valence-electron chi connectivity index (χ4n) is 2.65. The minimum Gasteiger partial charge on any atom is -0.454 e. The lowest BCUT2D eigenvalue weighted by Gasteiger charge is -2.07. The standard InChI is InChI=1S/C13H13N3O4/c1-7-5-9-11(6-10(7)16(18)19)15-4-3-12(13(15)14-9)20-8(2)17/h5-6,12H,3-4H2,1-2H3. The first kappa shape index (κ1) is 12.6. The smallest absolute Gasteiger partial charge is 0.303 e. The molecule has 0 N–H and O–H groups in total. The van der Waals surface area contributed by atoms with Crippen molar-refractivity contribution >= 4 is 22.7 Å². The minimum atomic E-state index is -0.396. The molecule has 0 aliphatic carbocycles. The summed E-state index contributed by atoms with van der Waals surface area (Å²) < 4.78 is 7.10. The van der Waals surface area contributed by atoms with Gasteiger partial charge in [-0.15, -0.1) is 0 Å². The van der Waals surface area contributed by atoms with Gasteiger partial charge in [-0.05, 0) is 13.0 Å². The van der Waals surface area contributed by atoms with Crippen molar-refractivity contribution in [3.8, 4) is 0 Å². The van der Waals surface area contributed by atoms with E-state index in [2.05, 4.69) is 4.98 Å². The highest BCUT2D eigenvalue weighted by molar-refractivity contribution is 5.81. The van der Waals surface area contributed by atoms with Crippen LogP contribution in [-0.2, 0) is 16.1 Å². The normalized spacial score (nSPS) is 17.2. The van der Waals surface area contributed by atoms with Crippen LogP contribution in [0.5, 0.6) is 0 Å². The van der Waals surface area contributed by atoms with Gasteiger partial charge in [0.05, 0.1) is 16.0 Å². The Balaban J connectivity index is 2.14. The van der Waals surface area contributed by atoms with Crippen LogP contribution >= 0.6 is 0 Å². The van der Waals surface area contributed by atoms with Crippen LogP contribution in [0.15, 0.2) is 12.1 Å². The molecular weight excluding hydrogens is 262 g/mol. The third-order valence-corrected chi connectivity index (χ3v) is 3.50. The molecule has 1 aromatic carbocycles. The molecule has 0 spiro atoms. The van der Waals surface area contributed by atoms with E-state index in [9.17, 15) is 14.9 Å². The van der Waals surface area contributed by atoms with Gasteiger partial charge in [-0.3, -0.25) is 14.9 Å². The number of carbonyl (C=O) groups excluding carboxylic acids is 1. The van der Waals surface area contributed by atoms with Crippen LogP contribution in [-0.4, -0.2) is 20.4 Å². The first-order valence-electron chi connectivity index (χ1n) is 6.29. The zero-order chi connectivity index (χ0) is 14.4. The molecule has 104 valence electrons. The van der Waals surface area contributed by atoms with Crippen LogP contribution in [0.1, 0.15) is 30.8 Å². The van der Waals surface area contributed by atoms with E-state index in [1.54, 1.807) is 13.0 Å². The second-order valence-electron chi connectivity index (χ2n) is 4.89. The van der Waals surface area contributed by atoms with Gasteiger partial charge in [0.25, 0.3) is 5.69 Å². The maximum Gasteiger partial charge on any atom is 0.303 e. The number of hydrogen-bond donors (Lipinski definition) is 0. The van der Waals surface area contributed by atoms with E-state index >= 15 is 0 Å². The number of imidazole rings is 1. The summed E-state index contributed by atoms with van der Waals surface area (Å²) in [5.74, 6) is 0.313. The monoisotopic (exact) mass is 275 g/mol. The molecule has 7 heteroatoms. The summed E-state index contributed by atoms with van der Waals surface area (Å²) in [6.45, 7) is 3.69. The summed E-state index contributed by atoms with van der Waals surface area (Å²) in [4.78, 5) is 26.1. The number of rotatable bonds is 2. The maximum atomic E-state index is 11.1. The second-order valence-corrected chi connectivity index (χ2v) is 4.89. The minimum absolute atomic E-state index is 0.0798. The maximum absolute atomic E-state index is 11.1. The molecule has 20 heavy (non-hydrogen) atoms. The van der Waals surface area contributed by atoms with Crippen molar-refractivity contribution in [3.63, 3.8) is 0 Å². The molecule has 1 atom stereocenters. The number of esters is 1. The Morgan fingerprint density at radius 3 is 2.95 bits per heavy atom. The van der Waals surface area contributed by atoms with Gasteiger partial charge in [0.1, 0.15) is 0 Å². The van der Waals surface area contributed by atoms with Gasteiger partial charge < -0.3 is 9.30 Å². The Morgan fingerprint density at radius 1 is 1.55 bits per heavy atom. The van der Waals surface area contributed by atoms with Crippen molar-refractivity contribution < 1.29 is 14.5 Å². The summed E-state index contributed by atoms with van der Waals surface area (Å²) >= 11 is 0. The third kappa shape index (κ3) is 1.82. The fourth-order valence-corrected chi connectivity index (χ4v) is 2.65. The van der Waals surface area contributed by atoms with Crippen molar-refractivity contribution in [2.75, 3.05) is 0 Å². The molecule has 0 fully saturated rings. The van der Waals surface area contributed by atoms with Crippen LogP contribution in [0, 0.1) is 17.0 Å². The van der Waals surface area contributed by atoms with E-state index in [0.29, 0.717) is 35.4 Å². The van der Waals surface area contributed by atoms with Gasteiger partial charge in [0.2, 0.25) is 0 Å². The molecule has 0 amide bonds. The summed E-state index contributed by atoms with van der Waals surface area (Å²) in [6, 6.07) is 3.24. The van der Waals surface area contributed by atoms with Crippen LogP contribution < -0.4 is 0 Å². The van der Waals surface area contributed by atoms with Crippen LogP contribution in [0.2, 0.25) is 0 Å². The van der Waals surface area contributed by atoms with E-state index < -0.39 is 4.92 Å². The number of ether oxygens (including phenoxy) is 1. The van der Waals surface area contributed by atoms with Gasteiger partial charge in [0.15, 0.2) is 11.9 Å². The number of carbonyl (C=O) groups is 1. The number of benzene rings is 1. The molecule has 7 nitrogen and oxygen atoms in total. The number of nitro groups is 1. The van der Waals surface area contributed by atoms with Gasteiger partial charge in [-0.1, -0.05) is 0 Å². The molecule has 1 unspecified atom stereocenters. The fraction of sp³-hybridized carbons (Fsp3) is 0.385. The van der Waals surface area contributed by atoms with Crippen LogP contribution in [0.3, 0.4) is 0 Å². The Kier molecular flexibility index (Phi) is 2.70. The Bertz CT molecular complexity index is 735. The number of fused-ring (bicyclic) bond motifs is 3. The van der Waals surface area contributed by atoms with Gasteiger partial charge in [0, 0.05) is 31.5 Å². The highest BCUT2D eigenvalue weighted by Crippen LogP contribution is 2.34. The van der Waals surface area contributed by atoms with Crippen molar-refractivity contribution in [2.24, 2.45) is 0 Å². The quantitative estimate of drug-likeness (QED) is 0.476. The van der Waals surface area contributed by atoms with E-state index in [0.717, 1.165) is 0 Å². The zero-order valence-electron chi connectivity index (χ0n) is 11.1. The molecule has 3 rings (SSSR count). The highest BCUT2D eigenvalue weighted by atomic mass is 16.6. The van der Waals surface area contributed by atoms with E-state index in [1.807, 2.05) is 4.57 Å². The Morgan fingerprint density at radius 2 is 2.30 bits per heavy atom. The average molecular weight is 275 g/mol. The summed E-state index contributed by atoms with van der Waals surface area (Å²) in [5.41, 5.74) is 2.06. The number of aryl methyl sites for hydroxylation is 2. The molecule has 1 aliphatic heterocycles. The van der Waals surface area contributed by atoms with Gasteiger partial charge >= 0.3 is 5.97 Å². The van der Waals surface area contributed by atoms with Gasteiger partial charge in [-0.2, -0.15) is 0 Å². The van der Waals surface area contributed by atoms with E-state index in [1.165, 1.54) is 13.0 Å². The number of nitro benzene ring substituents is 1. The molecular formula is C13H13N3O4. The summed E-state index contributed by atoms with van der Waals surface area (Å²) in [7, 11) is 0. The van der Waals surface area contributed by atoms with Crippen molar-refractivity contribution in [1.82, 2.24) is 9.55 Å². The highest BCUT2D eigenvalue weighted by Gasteiger charge is 2.30. The Labute approximate surface area is 114 Å². The van der Waals surface area contributed by atoms with E-state index in [4.69, 9.17) is 4.74 Å². The van der Waals surface area contributed by atoms with Crippen molar-refractivity contribution in [1.29, 1.82) is 0 Å².